The minimum atomic E-state index is 0.514. The molecule has 0 spiro atoms. The second-order valence-corrected chi connectivity index (χ2v) is 9.69. The molecule has 2 aliphatic rings. The molecule has 0 N–H and O–H groups in total. The molecular formula is C30H28V+2. The topological polar surface area (TPSA) is 0 Å². The molecule has 0 saturated heterocycles. The second-order valence-electron chi connectivity index (χ2n) is 8.93. The van der Waals surface area contributed by atoms with Crippen molar-refractivity contribution < 1.29 is 17.0 Å². The molecule has 0 aliphatic heterocycles. The molecule has 5 rings (SSSR count). The van der Waals surface area contributed by atoms with Crippen LogP contribution in [0.5, 0.6) is 0 Å². The van der Waals surface area contributed by atoms with Gasteiger partial charge in [0.1, 0.15) is 0 Å². The van der Waals surface area contributed by atoms with Crippen LogP contribution in [0.3, 0.4) is 0 Å². The van der Waals surface area contributed by atoms with Gasteiger partial charge in [-0.2, -0.15) is 0 Å². The molecule has 0 amide bonds. The van der Waals surface area contributed by atoms with Crippen molar-refractivity contribution in [2.45, 2.75) is 37.5 Å². The molecule has 31 heavy (non-hydrogen) atoms. The molecule has 3 aromatic rings. The van der Waals surface area contributed by atoms with Gasteiger partial charge < -0.3 is 0 Å². The number of hydrogen-bond acceptors (Lipinski definition) is 0. The first-order valence-corrected chi connectivity index (χ1v) is 12.1. The third kappa shape index (κ3) is 4.08. The number of hydrogen-bond donors (Lipinski definition) is 0. The fourth-order valence-electron chi connectivity index (χ4n) is 5.74. The number of benzene rings is 3. The van der Waals surface area contributed by atoms with Crippen LogP contribution >= 0.6 is 0 Å². The van der Waals surface area contributed by atoms with Gasteiger partial charge in [0.25, 0.3) is 0 Å². The third-order valence-electron chi connectivity index (χ3n) is 7.05. The summed E-state index contributed by atoms with van der Waals surface area (Å²) >= 11 is 2.80. The summed E-state index contributed by atoms with van der Waals surface area (Å²) in [5.41, 5.74) is 8.44. The van der Waals surface area contributed by atoms with Gasteiger partial charge in [0.15, 0.2) is 0 Å². The van der Waals surface area contributed by atoms with Gasteiger partial charge in [0, 0.05) is 0 Å². The van der Waals surface area contributed by atoms with E-state index in [1.165, 1.54) is 40.2 Å². The van der Waals surface area contributed by atoms with Crippen molar-refractivity contribution >= 4 is 4.23 Å². The van der Waals surface area contributed by atoms with Crippen LogP contribution in [0.4, 0.5) is 0 Å². The molecule has 0 radical (unpaired) electrons. The van der Waals surface area contributed by atoms with E-state index in [9.17, 15) is 0 Å². The summed E-state index contributed by atoms with van der Waals surface area (Å²) in [6, 6.07) is 28.8. The molecule has 3 unspecified atom stereocenters. The Morgan fingerprint density at radius 2 is 1.48 bits per heavy atom. The van der Waals surface area contributed by atoms with Gasteiger partial charge in [-0.3, -0.25) is 0 Å². The molecule has 1 saturated carbocycles. The standard InChI is InChI=1S/C30H28.V/c1-22(21-23-12-3-2-4-13-23)11-9-15-24-14-5-6-16-25(24)30-28-18-8-7-17-26(28)27-19-10-20-29(27)30;/h2-9,11-14,16-18,27,29-30H,1,10,19-21H2;/q;+2. The van der Waals surface area contributed by atoms with Gasteiger partial charge in [0.2, 0.25) is 0 Å². The molecule has 0 nitrogen and oxygen atoms in total. The maximum absolute atomic E-state index is 4.28. The summed E-state index contributed by atoms with van der Waals surface area (Å²) in [6.45, 7) is 4.28. The van der Waals surface area contributed by atoms with E-state index in [0.29, 0.717) is 5.92 Å². The van der Waals surface area contributed by atoms with E-state index in [4.69, 9.17) is 0 Å². The minimum absolute atomic E-state index is 0.514. The predicted molar refractivity (Wildman–Crippen MR) is 127 cm³/mol. The molecule has 2 aliphatic carbocycles. The summed E-state index contributed by atoms with van der Waals surface area (Å²) in [5, 5.41) is 0. The summed E-state index contributed by atoms with van der Waals surface area (Å²) < 4.78 is 1.26. The zero-order chi connectivity index (χ0) is 21.2. The first-order chi connectivity index (χ1) is 15.2. The van der Waals surface area contributed by atoms with Gasteiger partial charge >= 0.3 is 196 Å². The van der Waals surface area contributed by atoms with E-state index in [2.05, 4.69) is 115 Å². The van der Waals surface area contributed by atoms with Gasteiger partial charge in [-0.25, -0.2) is 0 Å². The van der Waals surface area contributed by atoms with Crippen molar-refractivity contribution in [3.8, 4) is 0 Å². The molecule has 0 heterocycles. The van der Waals surface area contributed by atoms with Gasteiger partial charge in [-0.15, -0.1) is 0 Å². The quantitative estimate of drug-likeness (QED) is 0.358. The maximum atomic E-state index is 4.28. The average molecular weight is 439 g/mol. The van der Waals surface area contributed by atoms with Crippen LogP contribution in [-0.2, 0) is 23.4 Å². The Bertz CT molecular complexity index is 1140. The SMILES string of the molecule is C=C(C=C[C](=[V+2])c1ccccc1C1c2ccccc2C2CCCC21)Cc1ccccc1. The van der Waals surface area contributed by atoms with Gasteiger partial charge in [-0.1, -0.05) is 0 Å². The Kier molecular flexibility index (Phi) is 5.94. The van der Waals surface area contributed by atoms with Crippen LogP contribution in [0.15, 0.2) is 103 Å². The van der Waals surface area contributed by atoms with E-state index in [-0.39, 0.29) is 0 Å². The molecule has 1 fully saturated rings. The van der Waals surface area contributed by atoms with Crippen molar-refractivity contribution in [2.75, 3.05) is 0 Å². The van der Waals surface area contributed by atoms with Crippen molar-refractivity contribution in [1.29, 1.82) is 0 Å². The molecule has 3 atom stereocenters. The molecule has 0 aromatic heterocycles. The monoisotopic (exact) mass is 439 g/mol. The van der Waals surface area contributed by atoms with Crippen molar-refractivity contribution in [1.82, 2.24) is 0 Å². The van der Waals surface area contributed by atoms with E-state index in [1.807, 2.05) is 0 Å². The zero-order valence-corrected chi connectivity index (χ0v) is 19.3. The average Bonchev–Trinajstić information content (AvgIpc) is 3.39. The van der Waals surface area contributed by atoms with Crippen LogP contribution in [-0.4, -0.2) is 4.23 Å². The Morgan fingerprint density at radius 1 is 0.806 bits per heavy atom. The van der Waals surface area contributed by atoms with Crippen LogP contribution in [0.1, 0.15) is 58.9 Å². The van der Waals surface area contributed by atoms with Crippen LogP contribution in [0.2, 0.25) is 0 Å². The molecule has 3 aromatic carbocycles. The van der Waals surface area contributed by atoms with Gasteiger partial charge in [-0.05, 0) is 0 Å². The second kappa shape index (κ2) is 8.99. The third-order valence-corrected chi connectivity index (χ3v) is 7.66. The summed E-state index contributed by atoms with van der Waals surface area (Å²) in [7, 11) is 0. The van der Waals surface area contributed by atoms with Crippen LogP contribution in [0.25, 0.3) is 0 Å². The van der Waals surface area contributed by atoms with E-state index in [0.717, 1.165) is 23.8 Å². The fourth-order valence-corrected chi connectivity index (χ4v) is 6.17. The molecule has 0 bridgehead atoms. The first-order valence-electron chi connectivity index (χ1n) is 11.4. The Morgan fingerprint density at radius 3 is 2.29 bits per heavy atom. The van der Waals surface area contributed by atoms with E-state index >= 15 is 0 Å². The Hall–Kier alpha value is -2.41. The number of allylic oxidation sites excluding steroid dienone is 3. The van der Waals surface area contributed by atoms with E-state index < -0.39 is 0 Å². The normalized spacial score (nSPS) is 21.8. The number of rotatable bonds is 6. The zero-order valence-electron chi connectivity index (χ0n) is 17.9. The van der Waals surface area contributed by atoms with Crippen molar-refractivity contribution in [2.24, 2.45) is 5.92 Å². The molecule has 1 heteroatoms. The van der Waals surface area contributed by atoms with E-state index in [1.54, 1.807) is 11.1 Å². The Labute approximate surface area is 195 Å². The van der Waals surface area contributed by atoms with Crippen molar-refractivity contribution in [3.05, 3.63) is 131 Å². The van der Waals surface area contributed by atoms with Crippen LogP contribution in [0, 0.1) is 5.92 Å². The number of fused-ring (bicyclic) bond motifs is 3. The molecular weight excluding hydrogens is 411 g/mol. The summed E-state index contributed by atoms with van der Waals surface area (Å²) in [5.74, 6) is 2.00. The first kappa shape index (κ1) is 20.5. The Balaban J connectivity index is 1.42. The molecule has 151 valence electrons. The predicted octanol–water partition coefficient (Wildman–Crippen LogP) is 7.14. The summed E-state index contributed by atoms with van der Waals surface area (Å²) in [6.07, 6.45) is 9.35. The summed E-state index contributed by atoms with van der Waals surface area (Å²) in [4.78, 5) is 0. The van der Waals surface area contributed by atoms with Crippen molar-refractivity contribution in [3.63, 3.8) is 0 Å². The van der Waals surface area contributed by atoms with Gasteiger partial charge in [0.05, 0.1) is 0 Å². The van der Waals surface area contributed by atoms with Crippen LogP contribution < -0.4 is 0 Å². The fraction of sp³-hybridized carbons (Fsp3) is 0.233.